The highest BCUT2D eigenvalue weighted by Crippen LogP contribution is 2.28. The van der Waals surface area contributed by atoms with Crippen molar-refractivity contribution < 1.29 is 4.79 Å². The summed E-state index contributed by atoms with van der Waals surface area (Å²) in [6, 6.07) is 3.58. The smallest absolute Gasteiger partial charge is 0.269 e. The van der Waals surface area contributed by atoms with Crippen LogP contribution in [0.15, 0.2) is 18.3 Å². The van der Waals surface area contributed by atoms with Crippen LogP contribution in [0.5, 0.6) is 0 Å². The highest BCUT2D eigenvalue weighted by Gasteiger charge is 2.14. The first kappa shape index (κ1) is 13.5. The Bertz CT molecular complexity index is 821. The fourth-order valence-corrected chi connectivity index (χ4v) is 2.89. The number of aryl methyl sites for hydroxylation is 1. The molecule has 0 aliphatic rings. The Labute approximate surface area is 124 Å². The molecule has 0 atom stereocenters. The van der Waals surface area contributed by atoms with E-state index in [9.17, 15) is 4.79 Å². The molecule has 0 radical (unpaired) electrons. The Morgan fingerprint density at radius 2 is 2.29 bits per heavy atom. The maximum absolute atomic E-state index is 11.2. The van der Waals surface area contributed by atoms with Crippen molar-refractivity contribution in [2.75, 3.05) is 11.9 Å². The number of aromatic nitrogens is 4. The molecule has 0 aromatic carbocycles. The number of nitrogens with one attached hydrogen (secondary N) is 1. The number of amides is 1. The van der Waals surface area contributed by atoms with Gasteiger partial charge in [0.1, 0.15) is 10.5 Å². The Hall–Kier alpha value is -2.48. The molecule has 21 heavy (non-hydrogen) atoms. The second-order valence-electron chi connectivity index (χ2n) is 4.49. The van der Waals surface area contributed by atoms with Gasteiger partial charge in [-0.3, -0.25) is 4.79 Å². The van der Waals surface area contributed by atoms with Gasteiger partial charge in [0.05, 0.1) is 5.39 Å². The van der Waals surface area contributed by atoms with Gasteiger partial charge in [-0.2, -0.15) is 10.1 Å². The number of rotatable bonds is 4. The van der Waals surface area contributed by atoms with Crippen LogP contribution in [0, 0.1) is 6.92 Å². The summed E-state index contributed by atoms with van der Waals surface area (Å²) in [7, 11) is 0. The molecule has 1 amide bonds. The lowest BCUT2D eigenvalue weighted by atomic mass is 10.3. The van der Waals surface area contributed by atoms with Crippen molar-refractivity contribution in [3.63, 3.8) is 0 Å². The fourth-order valence-electron chi connectivity index (χ4n) is 2.01. The summed E-state index contributed by atoms with van der Waals surface area (Å²) in [6.45, 7) is 4.72. The van der Waals surface area contributed by atoms with Gasteiger partial charge < -0.3 is 11.1 Å². The molecule has 0 fully saturated rings. The molecular weight excluding hydrogens is 288 g/mol. The molecule has 0 bridgehead atoms. The minimum absolute atomic E-state index is 0.207. The number of thiophene rings is 1. The van der Waals surface area contributed by atoms with Crippen molar-refractivity contribution in [3.05, 3.63) is 28.9 Å². The summed E-state index contributed by atoms with van der Waals surface area (Å²) in [5.41, 5.74) is 5.45. The number of hydrogen-bond donors (Lipinski definition) is 2. The second-order valence-corrected chi connectivity index (χ2v) is 5.72. The number of nitrogens with two attached hydrogens (primary N) is 1. The average Bonchev–Trinajstić information content (AvgIpc) is 3.03. The van der Waals surface area contributed by atoms with E-state index in [2.05, 4.69) is 20.4 Å². The van der Waals surface area contributed by atoms with Crippen LogP contribution in [0.3, 0.4) is 0 Å². The van der Waals surface area contributed by atoms with Crippen LogP contribution in [-0.4, -0.2) is 32.2 Å². The van der Waals surface area contributed by atoms with Crippen LogP contribution >= 0.6 is 11.3 Å². The molecule has 0 unspecified atom stereocenters. The summed E-state index contributed by atoms with van der Waals surface area (Å²) in [5, 5.41) is 8.17. The Balaban J connectivity index is 2.20. The highest BCUT2D eigenvalue weighted by atomic mass is 32.1. The molecule has 0 aliphatic carbocycles. The fraction of sp³-hybridized carbons (Fsp3) is 0.231. The third-order valence-electron chi connectivity index (χ3n) is 2.89. The maximum Gasteiger partial charge on any atom is 0.269 e. The van der Waals surface area contributed by atoms with Crippen LogP contribution in [0.2, 0.25) is 0 Å². The Morgan fingerprint density at radius 1 is 1.48 bits per heavy atom. The standard InChI is InChI=1S/C13H14N6OS/c1-3-15-13-16-11(8-6-7(2)21-12(8)17-13)19-5-4-9(18-19)10(14)20/h4-6H,3H2,1-2H3,(H2,14,20)(H,15,16,17). The zero-order valence-corrected chi connectivity index (χ0v) is 12.4. The van der Waals surface area contributed by atoms with E-state index in [-0.39, 0.29) is 5.69 Å². The van der Waals surface area contributed by atoms with E-state index in [1.807, 2.05) is 19.9 Å². The summed E-state index contributed by atoms with van der Waals surface area (Å²) in [4.78, 5) is 22.2. The van der Waals surface area contributed by atoms with Gasteiger partial charge in [0.2, 0.25) is 5.95 Å². The number of carbonyl (C=O) groups is 1. The second kappa shape index (κ2) is 5.13. The van der Waals surface area contributed by atoms with E-state index in [0.717, 1.165) is 21.6 Å². The zero-order chi connectivity index (χ0) is 15.0. The topological polar surface area (TPSA) is 98.7 Å². The number of nitrogens with zero attached hydrogens (tertiary/aromatic N) is 4. The van der Waals surface area contributed by atoms with Crippen LogP contribution in [-0.2, 0) is 0 Å². The normalized spacial score (nSPS) is 11.0. The molecule has 108 valence electrons. The Morgan fingerprint density at radius 3 is 2.95 bits per heavy atom. The summed E-state index contributed by atoms with van der Waals surface area (Å²) >= 11 is 1.59. The molecule has 3 N–H and O–H groups in total. The van der Waals surface area contributed by atoms with Crippen LogP contribution in [0.1, 0.15) is 22.3 Å². The lowest BCUT2D eigenvalue weighted by Gasteiger charge is -2.06. The van der Waals surface area contributed by atoms with Crippen molar-refractivity contribution in [2.24, 2.45) is 5.73 Å². The first-order valence-corrected chi connectivity index (χ1v) is 7.28. The van der Waals surface area contributed by atoms with Crippen LogP contribution in [0.25, 0.3) is 16.0 Å². The molecule has 0 spiro atoms. The van der Waals surface area contributed by atoms with Crippen molar-refractivity contribution in [1.29, 1.82) is 0 Å². The minimum Gasteiger partial charge on any atom is -0.364 e. The first-order valence-electron chi connectivity index (χ1n) is 6.46. The van der Waals surface area contributed by atoms with E-state index in [1.54, 1.807) is 28.3 Å². The van der Waals surface area contributed by atoms with Gasteiger partial charge in [0.25, 0.3) is 5.91 Å². The minimum atomic E-state index is -0.563. The lowest BCUT2D eigenvalue weighted by molar-refractivity contribution is 0.0995. The van der Waals surface area contributed by atoms with Crippen LogP contribution < -0.4 is 11.1 Å². The number of primary amides is 1. The van der Waals surface area contributed by atoms with Gasteiger partial charge in [-0.25, -0.2) is 9.67 Å². The van der Waals surface area contributed by atoms with Crippen LogP contribution in [0.4, 0.5) is 5.95 Å². The van der Waals surface area contributed by atoms with Gasteiger partial charge in [-0.1, -0.05) is 0 Å². The predicted octanol–water partition coefficient (Wildman–Crippen LogP) is 1.72. The molecule has 3 aromatic heterocycles. The molecule has 3 rings (SSSR count). The molecule has 3 heterocycles. The van der Waals surface area contributed by atoms with Gasteiger partial charge >= 0.3 is 0 Å². The van der Waals surface area contributed by atoms with Gasteiger partial charge in [0, 0.05) is 17.6 Å². The third-order valence-corrected chi connectivity index (χ3v) is 3.83. The molecule has 7 nitrogen and oxygen atoms in total. The SMILES string of the molecule is CCNc1nc(-n2ccc(C(N)=O)n2)c2cc(C)sc2n1. The molecule has 0 saturated heterocycles. The maximum atomic E-state index is 11.2. The number of anilines is 1. The van der Waals surface area contributed by atoms with Crippen molar-refractivity contribution >= 4 is 33.4 Å². The molecule has 0 saturated carbocycles. The number of fused-ring (bicyclic) bond motifs is 1. The van der Waals surface area contributed by atoms with E-state index >= 15 is 0 Å². The van der Waals surface area contributed by atoms with Crippen molar-refractivity contribution in [1.82, 2.24) is 19.7 Å². The van der Waals surface area contributed by atoms with Gasteiger partial charge in [-0.05, 0) is 26.0 Å². The van der Waals surface area contributed by atoms with Gasteiger partial charge in [0.15, 0.2) is 5.82 Å². The predicted molar refractivity (Wildman–Crippen MR) is 82.0 cm³/mol. The van der Waals surface area contributed by atoms with Crippen molar-refractivity contribution in [3.8, 4) is 5.82 Å². The molecular formula is C13H14N6OS. The number of hydrogen-bond acceptors (Lipinski definition) is 6. The third kappa shape index (κ3) is 2.45. The molecule has 8 heteroatoms. The molecule has 3 aromatic rings. The summed E-state index contributed by atoms with van der Waals surface area (Å²) in [6.07, 6.45) is 1.67. The molecule has 0 aliphatic heterocycles. The van der Waals surface area contributed by atoms with Gasteiger partial charge in [-0.15, -0.1) is 11.3 Å². The summed E-state index contributed by atoms with van der Waals surface area (Å²) in [5.74, 6) is 0.609. The monoisotopic (exact) mass is 302 g/mol. The average molecular weight is 302 g/mol. The lowest BCUT2D eigenvalue weighted by Crippen LogP contribution is -2.13. The zero-order valence-electron chi connectivity index (χ0n) is 11.6. The highest BCUT2D eigenvalue weighted by molar-refractivity contribution is 7.18. The summed E-state index contributed by atoms with van der Waals surface area (Å²) < 4.78 is 1.55. The van der Waals surface area contributed by atoms with E-state index in [4.69, 9.17) is 5.73 Å². The quantitative estimate of drug-likeness (QED) is 0.764. The Kier molecular flexibility index (Phi) is 3.30. The van der Waals surface area contributed by atoms with Crippen molar-refractivity contribution in [2.45, 2.75) is 13.8 Å². The largest absolute Gasteiger partial charge is 0.364 e. The van der Waals surface area contributed by atoms with E-state index < -0.39 is 5.91 Å². The number of carbonyl (C=O) groups excluding carboxylic acids is 1. The van der Waals surface area contributed by atoms with E-state index in [0.29, 0.717) is 11.8 Å². The first-order chi connectivity index (χ1) is 10.1. The van der Waals surface area contributed by atoms with E-state index in [1.165, 1.54) is 0 Å².